The second-order valence-electron chi connectivity index (χ2n) is 7.86. The predicted molar refractivity (Wildman–Crippen MR) is 99.5 cm³/mol. The number of allylic oxidation sites excluding steroid dienone is 2. The Labute approximate surface area is 154 Å². The Morgan fingerprint density at radius 2 is 2.04 bits per heavy atom. The number of nitrogens with one attached hydrogen (secondary N) is 1. The van der Waals surface area contributed by atoms with Gasteiger partial charge in [0.15, 0.2) is 11.9 Å². The molecule has 1 N–H and O–H groups in total. The fourth-order valence-electron chi connectivity index (χ4n) is 4.96. The first-order valence-corrected chi connectivity index (χ1v) is 9.22. The van der Waals surface area contributed by atoms with Crippen molar-refractivity contribution < 1.29 is 9.53 Å². The van der Waals surface area contributed by atoms with Crippen LogP contribution in [0.1, 0.15) is 38.7 Å². The number of benzene rings is 1. The zero-order chi connectivity index (χ0) is 18.4. The summed E-state index contributed by atoms with van der Waals surface area (Å²) >= 11 is 0. The number of rotatable bonds is 4. The predicted octanol–water partition coefficient (Wildman–Crippen LogP) is 3.88. The van der Waals surface area contributed by atoms with E-state index < -0.39 is 5.41 Å². The number of azo groups is 1. The molecule has 0 radical (unpaired) electrons. The Morgan fingerprint density at radius 3 is 2.73 bits per heavy atom. The monoisotopic (exact) mass is 351 g/mol. The lowest BCUT2D eigenvalue weighted by Crippen LogP contribution is -2.52. The van der Waals surface area contributed by atoms with E-state index in [2.05, 4.69) is 41.5 Å². The van der Waals surface area contributed by atoms with Crippen LogP contribution < -0.4 is 5.32 Å². The van der Waals surface area contributed by atoms with Crippen molar-refractivity contribution in [3.8, 4) is 0 Å². The van der Waals surface area contributed by atoms with Gasteiger partial charge in [-0.05, 0) is 18.4 Å². The number of carbonyl (C=O) groups is 1. The molecule has 4 rings (SSSR count). The van der Waals surface area contributed by atoms with Crippen molar-refractivity contribution in [1.82, 2.24) is 5.32 Å². The Morgan fingerprint density at radius 1 is 1.27 bits per heavy atom. The van der Waals surface area contributed by atoms with Gasteiger partial charge in [0.25, 0.3) is 0 Å². The van der Waals surface area contributed by atoms with Crippen LogP contribution >= 0.6 is 0 Å². The molecular formula is C21H25N3O2. The van der Waals surface area contributed by atoms with Crippen LogP contribution in [-0.2, 0) is 14.9 Å². The normalized spacial score (nSPS) is 32.8. The molecule has 5 nitrogen and oxygen atoms in total. The summed E-state index contributed by atoms with van der Waals surface area (Å²) in [6, 6.07) is 10.3. The first-order valence-electron chi connectivity index (χ1n) is 9.22. The second kappa shape index (κ2) is 6.16. The van der Waals surface area contributed by atoms with Crippen LogP contribution in [0.4, 0.5) is 0 Å². The molecule has 1 aromatic rings. The van der Waals surface area contributed by atoms with Gasteiger partial charge in [-0.25, -0.2) is 0 Å². The second-order valence-corrected chi connectivity index (χ2v) is 7.86. The van der Waals surface area contributed by atoms with E-state index in [1.54, 1.807) is 7.11 Å². The molecule has 3 atom stereocenters. The maximum atomic E-state index is 13.4. The molecule has 3 aliphatic rings. The Balaban J connectivity index is 1.93. The van der Waals surface area contributed by atoms with Crippen LogP contribution in [0.15, 0.2) is 63.6 Å². The van der Waals surface area contributed by atoms with Crippen LogP contribution in [-0.4, -0.2) is 25.7 Å². The maximum absolute atomic E-state index is 13.4. The highest BCUT2D eigenvalue weighted by Gasteiger charge is 2.53. The van der Waals surface area contributed by atoms with Gasteiger partial charge in [0.1, 0.15) is 0 Å². The van der Waals surface area contributed by atoms with Gasteiger partial charge in [0.2, 0.25) is 0 Å². The topological polar surface area (TPSA) is 63.0 Å². The highest BCUT2D eigenvalue weighted by molar-refractivity contribution is 6.01. The lowest BCUT2D eigenvalue weighted by Gasteiger charge is -2.48. The van der Waals surface area contributed by atoms with Crippen molar-refractivity contribution in [1.29, 1.82) is 0 Å². The van der Waals surface area contributed by atoms with Crippen LogP contribution in [0.3, 0.4) is 0 Å². The first-order chi connectivity index (χ1) is 12.5. The molecule has 5 heteroatoms. The molecule has 0 fully saturated rings. The van der Waals surface area contributed by atoms with E-state index in [0.29, 0.717) is 13.0 Å². The van der Waals surface area contributed by atoms with Crippen molar-refractivity contribution in [3.63, 3.8) is 0 Å². The van der Waals surface area contributed by atoms with Crippen molar-refractivity contribution in [3.05, 3.63) is 58.9 Å². The summed E-state index contributed by atoms with van der Waals surface area (Å²) in [6.45, 7) is 4.84. The fraction of sp³-hybridized carbons (Fsp3) is 0.476. The van der Waals surface area contributed by atoms with Crippen LogP contribution in [0.2, 0.25) is 0 Å². The number of methoxy groups -OCH3 is 1. The van der Waals surface area contributed by atoms with Gasteiger partial charge < -0.3 is 10.1 Å². The molecule has 2 heterocycles. The quantitative estimate of drug-likeness (QED) is 0.895. The molecule has 0 saturated carbocycles. The minimum atomic E-state index is -0.457. The number of ketones is 1. The highest BCUT2D eigenvalue weighted by Crippen LogP contribution is 2.53. The lowest BCUT2D eigenvalue weighted by atomic mass is 9.58. The number of carbonyl (C=O) groups excluding carboxylic acids is 1. The van der Waals surface area contributed by atoms with Gasteiger partial charge >= 0.3 is 0 Å². The smallest absolute Gasteiger partial charge is 0.164 e. The summed E-state index contributed by atoms with van der Waals surface area (Å²) in [4.78, 5) is 13.4. The lowest BCUT2D eigenvalue weighted by molar-refractivity contribution is -0.120. The van der Waals surface area contributed by atoms with E-state index >= 15 is 0 Å². The highest BCUT2D eigenvalue weighted by atomic mass is 16.5. The summed E-state index contributed by atoms with van der Waals surface area (Å²) in [5.41, 5.74) is 3.48. The maximum Gasteiger partial charge on any atom is 0.164 e. The average molecular weight is 351 g/mol. The molecule has 0 amide bonds. The van der Waals surface area contributed by atoms with Crippen molar-refractivity contribution in [2.75, 3.05) is 13.7 Å². The van der Waals surface area contributed by atoms with E-state index in [4.69, 9.17) is 4.74 Å². The van der Waals surface area contributed by atoms with Gasteiger partial charge in [-0.15, -0.1) is 0 Å². The zero-order valence-corrected chi connectivity index (χ0v) is 15.6. The Hall–Kier alpha value is -2.27. The van der Waals surface area contributed by atoms with Gasteiger partial charge in [-0.1, -0.05) is 44.2 Å². The van der Waals surface area contributed by atoms with Crippen LogP contribution in [0.25, 0.3) is 0 Å². The summed E-state index contributed by atoms with van der Waals surface area (Å²) in [5, 5.41) is 12.1. The van der Waals surface area contributed by atoms with E-state index in [0.717, 1.165) is 35.2 Å². The summed E-state index contributed by atoms with van der Waals surface area (Å²) in [7, 11) is 1.69. The number of ether oxygens (including phenoxy) is 1. The molecule has 1 unspecified atom stereocenters. The van der Waals surface area contributed by atoms with E-state index in [1.807, 2.05) is 24.4 Å². The summed E-state index contributed by atoms with van der Waals surface area (Å²) in [6.07, 6.45) is 3.75. The SMILES string of the molecule is CC[C@@]1(c2ccccc2)C2=CN=NC2NC2=C1C(=O)C[C@@](C)(COC)C2. The summed E-state index contributed by atoms with van der Waals surface area (Å²) < 4.78 is 5.41. The number of hydrogen-bond donors (Lipinski definition) is 1. The Kier molecular flexibility index (Phi) is 4.07. The molecule has 0 spiro atoms. The minimum Gasteiger partial charge on any atom is -0.384 e. The third kappa shape index (κ3) is 2.37. The molecular weight excluding hydrogens is 326 g/mol. The fourth-order valence-corrected chi connectivity index (χ4v) is 4.96. The van der Waals surface area contributed by atoms with Crippen LogP contribution in [0, 0.1) is 5.41 Å². The molecule has 136 valence electrons. The van der Waals surface area contributed by atoms with E-state index in [1.165, 1.54) is 0 Å². The van der Waals surface area contributed by atoms with Gasteiger partial charge in [0.05, 0.1) is 18.2 Å². The van der Waals surface area contributed by atoms with E-state index in [9.17, 15) is 4.79 Å². The largest absolute Gasteiger partial charge is 0.384 e. The standard InChI is InChI=1S/C21H25N3O2/c1-4-21(14-8-6-5-7-9-14)15-12-22-24-19(15)23-16-10-20(2,13-26-3)11-17(25)18(16)21/h5-9,12,19,23H,4,10-11,13H2,1-3H3/t19?,20-,21+/m0/s1. The van der Waals surface area contributed by atoms with Crippen molar-refractivity contribution >= 4 is 5.78 Å². The zero-order valence-electron chi connectivity index (χ0n) is 15.6. The summed E-state index contributed by atoms with van der Waals surface area (Å²) in [5.74, 6) is 0.204. The first kappa shape index (κ1) is 17.2. The van der Waals surface area contributed by atoms with Gasteiger partial charge in [0, 0.05) is 35.8 Å². The number of hydrogen-bond acceptors (Lipinski definition) is 5. The number of nitrogens with zero attached hydrogens (tertiary/aromatic N) is 2. The molecule has 1 aliphatic carbocycles. The molecule has 0 aromatic heterocycles. The molecule has 1 aromatic carbocycles. The van der Waals surface area contributed by atoms with E-state index in [-0.39, 0.29) is 17.4 Å². The number of Topliss-reactive ketones (excluding diaryl/α,β-unsaturated/α-hetero) is 1. The van der Waals surface area contributed by atoms with Crippen molar-refractivity contribution in [2.24, 2.45) is 15.6 Å². The van der Waals surface area contributed by atoms with Gasteiger partial charge in [-0.3, -0.25) is 4.79 Å². The van der Waals surface area contributed by atoms with Crippen LogP contribution in [0.5, 0.6) is 0 Å². The third-order valence-corrected chi connectivity index (χ3v) is 5.97. The third-order valence-electron chi connectivity index (χ3n) is 5.97. The molecule has 0 saturated heterocycles. The molecule has 0 bridgehead atoms. The average Bonchev–Trinajstić information content (AvgIpc) is 3.09. The van der Waals surface area contributed by atoms with Gasteiger partial charge in [-0.2, -0.15) is 10.2 Å². The Bertz CT molecular complexity index is 827. The molecule has 26 heavy (non-hydrogen) atoms. The number of fused-ring (bicyclic) bond motifs is 1. The molecule has 2 aliphatic heterocycles. The minimum absolute atomic E-state index is 0.188. The van der Waals surface area contributed by atoms with Crippen molar-refractivity contribution in [2.45, 2.75) is 44.7 Å².